The Balaban J connectivity index is 1.93. The number of nitrogens with zero attached hydrogens (tertiary/aromatic N) is 3. The van der Waals surface area contributed by atoms with Gasteiger partial charge in [-0.05, 0) is 43.4 Å². The van der Waals surface area contributed by atoms with Crippen molar-refractivity contribution < 1.29 is 4.79 Å². The first kappa shape index (κ1) is 16.2. The van der Waals surface area contributed by atoms with Gasteiger partial charge in [0.15, 0.2) is 0 Å². The third-order valence-electron chi connectivity index (χ3n) is 4.39. The predicted octanol–water partition coefficient (Wildman–Crippen LogP) is 0.669. The second kappa shape index (κ2) is 6.07. The van der Waals surface area contributed by atoms with E-state index in [4.69, 9.17) is 0 Å². The fraction of sp³-hybridized carbons (Fsp3) is 0.412. The van der Waals surface area contributed by atoms with Crippen LogP contribution in [0.5, 0.6) is 0 Å². The fourth-order valence-corrected chi connectivity index (χ4v) is 2.76. The Hall–Kier alpha value is -2.70. The lowest BCUT2D eigenvalue weighted by Crippen LogP contribution is -2.42. The molecule has 2 heterocycles. The van der Waals surface area contributed by atoms with E-state index in [-0.39, 0.29) is 11.7 Å². The molecule has 2 aromatic heterocycles. The van der Waals surface area contributed by atoms with E-state index in [1.54, 1.807) is 6.20 Å². The Morgan fingerprint density at radius 1 is 1.25 bits per heavy atom. The molecule has 0 spiro atoms. The van der Waals surface area contributed by atoms with Gasteiger partial charge in [0.25, 0.3) is 11.5 Å². The van der Waals surface area contributed by atoms with Crippen molar-refractivity contribution in [1.82, 2.24) is 19.4 Å². The molecule has 0 radical (unpaired) electrons. The highest BCUT2D eigenvalue weighted by Crippen LogP contribution is 2.40. The van der Waals surface area contributed by atoms with Crippen LogP contribution in [0.1, 0.15) is 40.6 Å². The molecule has 0 unspecified atom stereocenters. The summed E-state index contributed by atoms with van der Waals surface area (Å²) in [5, 5.41) is 2.94. The van der Waals surface area contributed by atoms with Gasteiger partial charge in [0.2, 0.25) is 0 Å². The molecule has 1 aliphatic rings. The molecule has 7 heteroatoms. The van der Waals surface area contributed by atoms with E-state index >= 15 is 0 Å². The van der Waals surface area contributed by atoms with Gasteiger partial charge in [-0.3, -0.25) is 23.7 Å². The first-order valence-electron chi connectivity index (χ1n) is 7.89. The van der Waals surface area contributed by atoms with E-state index < -0.39 is 17.2 Å². The Morgan fingerprint density at radius 2 is 1.96 bits per heavy atom. The normalized spacial score (nSPS) is 15.1. The summed E-state index contributed by atoms with van der Waals surface area (Å²) < 4.78 is 2.15. The number of hydrogen-bond acceptors (Lipinski definition) is 4. The molecule has 0 aliphatic heterocycles. The molecule has 7 nitrogen and oxygen atoms in total. The monoisotopic (exact) mass is 328 g/mol. The molecule has 126 valence electrons. The van der Waals surface area contributed by atoms with Gasteiger partial charge in [-0.15, -0.1) is 0 Å². The van der Waals surface area contributed by atoms with Crippen molar-refractivity contribution in [3.8, 4) is 0 Å². The fourth-order valence-electron chi connectivity index (χ4n) is 2.76. The molecule has 0 saturated heterocycles. The van der Waals surface area contributed by atoms with Gasteiger partial charge in [0.1, 0.15) is 5.69 Å². The Kier molecular flexibility index (Phi) is 4.09. The second-order valence-electron chi connectivity index (χ2n) is 6.32. The van der Waals surface area contributed by atoms with E-state index in [1.807, 2.05) is 19.1 Å². The highest BCUT2D eigenvalue weighted by Gasteiger charge is 2.35. The van der Waals surface area contributed by atoms with E-state index in [2.05, 4.69) is 10.3 Å². The molecule has 1 aliphatic carbocycles. The number of aromatic nitrogens is 3. The lowest BCUT2D eigenvalue weighted by molar-refractivity contribution is 0.0920. The lowest BCUT2D eigenvalue weighted by Gasteiger charge is -2.19. The Morgan fingerprint density at radius 3 is 2.58 bits per heavy atom. The van der Waals surface area contributed by atoms with Crippen LogP contribution in [0.3, 0.4) is 0 Å². The van der Waals surface area contributed by atoms with Gasteiger partial charge in [0, 0.05) is 26.4 Å². The molecule has 0 bridgehead atoms. The summed E-state index contributed by atoms with van der Waals surface area (Å²) >= 11 is 0. The molecular formula is C17H20N4O3. The second-order valence-corrected chi connectivity index (χ2v) is 6.32. The Bertz CT molecular complexity index is 909. The van der Waals surface area contributed by atoms with E-state index in [9.17, 15) is 14.4 Å². The third kappa shape index (κ3) is 3.02. The van der Waals surface area contributed by atoms with E-state index in [1.165, 1.54) is 24.7 Å². The number of hydrogen-bond donors (Lipinski definition) is 1. The first-order valence-corrected chi connectivity index (χ1v) is 7.89. The molecule has 3 rings (SSSR count). The van der Waals surface area contributed by atoms with E-state index in [0.29, 0.717) is 5.92 Å². The minimum absolute atomic E-state index is 0.0569. The number of rotatable bonds is 4. The summed E-state index contributed by atoms with van der Waals surface area (Å²) in [6, 6.07) is 4.83. The molecule has 1 fully saturated rings. The molecular weight excluding hydrogens is 308 g/mol. The van der Waals surface area contributed by atoms with Crippen LogP contribution in [-0.4, -0.2) is 20.0 Å². The van der Waals surface area contributed by atoms with Crippen LogP contribution in [-0.2, 0) is 14.1 Å². The standard InChI is InChI=1S/C17H20N4O3/c1-10-6-7-18-12(8-10)15(11-4-5-11)19-16(23)13-9-14(22)21(3)17(24)20(13)2/h6-9,11,15H,4-5H2,1-3H3,(H,19,23)/t15-/m0/s1. The third-order valence-corrected chi connectivity index (χ3v) is 4.39. The van der Waals surface area contributed by atoms with Crippen molar-refractivity contribution in [3.05, 3.63) is 62.2 Å². The van der Waals surface area contributed by atoms with Crippen molar-refractivity contribution in [1.29, 1.82) is 0 Å². The topological polar surface area (TPSA) is 86.0 Å². The molecule has 2 aromatic rings. The lowest BCUT2D eigenvalue weighted by atomic mass is 10.1. The van der Waals surface area contributed by atoms with Crippen LogP contribution in [0, 0.1) is 12.8 Å². The molecule has 1 amide bonds. The summed E-state index contributed by atoms with van der Waals surface area (Å²) in [5.74, 6) is -0.0978. The van der Waals surface area contributed by atoms with Gasteiger partial charge in [0.05, 0.1) is 11.7 Å². The van der Waals surface area contributed by atoms with Crippen LogP contribution >= 0.6 is 0 Å². The summed E-state index contributed by atoms with van der Waals surface area (Å²) in [7, 11) is 2.86. The maximum atomic E-state index is 12.6. The summed E-state index contributed by atoms with van der Waals surface area (Å²) in [4.78, 5) is 40.8. The van der Waals surface area contributed by atoms with Gasteiger partial charge >= 0.3 is 5.69 Å². The zero-order chi connectivity index (χ0) is 17.4. The highest BCUT2D eigenvalue weighted by atomic mass is 16.2. The first-order chi connectivity index (χ1) is 11.4. The van der Waals surface area contributed by atoms with Crippen molar-refractivity contribution in [2.24, 2.45) is 20.0 Å². The average Bonchev–Trinajstić information content (AvgIpc) is 3.38. The van der Waals surface area contributed by atoms with Crippen molar-refractivity contribution in [3.63, 3.8) is 0 Å². The SMILES string of the molecule is Cc1ccnc([C@@H](NC(=O)c2cc(=O)n(C)c(=O)n2C)C2CC2)c1. The van der Waals surface area contributed by atoms with E-state index in [0.717, 1.165) is 28.7 Å². The number of amides is 1. The van der Waals surface area contributed by atoms with Crippen LogP contribution in [0.2, 0.25) is 0 Å². The largest absolute Gasteiger partial charge is 0.342 e. The quantitative estimate of drug-likeness (QED) is 0.894. The molecule has 1 saturated carbocycles. The highest BCUT2D eigenvalue weighted by molar-refractivity contribution is 5.92. The summed E-state index contributed by atoms with van der Waals surface area (Å²) in [5.41, 5.74) is 0.908. The molecule has 1 atom stereocenters. The zero-order valence-corrected chi connectivity index (χ0v) is 13.9. The number of carbonyl (C=O) groups is 1. The van der Waals surface area contributed by atoms with Crippen LogP contribution in [0.15, 0.2) is 34.0 Å². The number of aryl methyl sites for hydroxylation is 1. The van der Waals surface area contributed by atoms with Crippen LogP contribution < -0.4 is 16.6 Å². The maximum Gasteiger partial charge on any atom is 0.331 e. The summed E-state index contributed by atoms with van der Waals surface area (Å²) in [6.45, 7) is 1.97. The smallest absolute Gasteiger partial charge is 0.331 e. The number of pyridine rings is 1. The minimum atomic E-state index is -0.524. The van der Waals surface area contributed by atoms with Crippen LogP contribution in [0.25, 0.3) is 0 Å². The molecule has 0 aromatic carbocycles. The van der Waals surface area contributed by atoms with Crippen LogP contribution in [0.4, 0.5) is 0 Å². The Labute approximate surface area is 139 Å². The zero-order valence-electron chi connectivity index (χ0n) is 13.9. The molecule has 1 N–H and O–H groups in total. The van der Waals surface area contributed by atoms with Gasteiger partial charge in [-0.25, -0.2) is 4.79 Å². The summed E-state index contributed by atoms with van der Waals surface area (Å²) in [6.07, 6.45) is 3.77. The van der Waals surface area contributed by atoms with Crippen molar-refractivity contribution >= 4 is 5.91 Å². The van der Waals surface area contributed by atoms with Crippen molar-refractivity contribution in [2.45, 2.75) is 25.8 Å². The number of carbonyl (C=O) groups excluding carboxylic acids is 1. The number of nitrogens with one attached hydrogen (secondary N) is 1. The van der Waals surface area contributed by atoms with Gasteiger partial charge < -0.3 is 5.32 Å². The average molecular weight is 328 g/mol. The minimum Gasteiger partial charge on any atom is -0.342 e. The maximum absolute atomic E-state index is 12.6. The molecule has 24 heavy (non-hydrogen) atoms. The predicted molar refractivity (Wildman–Crippen MR) is 88.8 cm³/mol. The van der Waals surface area contributed by atoms with Gasteiger partial charge in [-0.2, -0.15) is 0 Å². The van der Waals surface area contributed by atoms with Gasteiger partial charge in [-0.1, -0.05) is 0 Å². The van der Waals surface area contributed by atoms with Crippen molar-refractivity contribution in [2.75, 3.05) is 0 Å².